The van der Waals surface area contributed by atoms with Crippen LogP contribution in [0.15, 0.2) is 55.2 Å². The van der Waals surface area contributed by atoms with Gasteiger partial charge in [-0.15, -0.1) is 5.10 Å². The average molecular weight is 549 g/mol. The van der Waals surface area contributed by atoms with E-state index in [1.54, 1.807) is 23.0 Å². The van der Waals surface area contributed by atoms with E-state index >= 15 is 0 Å². The van der Waals surface area contributed by atoms with E-state index in [1.165, 1.54) is 0 Å². The van der Waals surface area contributed by atoms with E-state index in [9.17, 15) is 5.26 Å². The normalized spacial score (nSPS) is 18.0. The molecule has 0 amide bonds. The predicted molar refractivity (Wildman–Crippen MR) is 150 cm³/mol. The minimum atomic E-state index is -0.160. The molecule has 0 unspecified atom stereocenters. The molecule has 7 rings (SSSR count). The van der Waals surface area contributed by atoms with Crippen LogP contribution in [0.5, 0.6) is 0 Å². The number of nitrogens with one attached hydrogen (secondary N) is 1. The van der Waals surface area contributed by atoms with Gasteiger partial charge in [-0.2, -0.15) is 10.4 Å². The van der Waals surface area contributed by atoms with E-state index in [4.69, 9.17) is 9.72 Å². The summed E-state index contributed by atoms with van der Waals surface area (Å²) in [6.07, 6.45) is 11.4. The molecule has 2 aliphatic heterocycles. The van der Waals surface area contributed by atoms with Crippen molar-refractivity contribution in [1.29, 1.82) is 5.26 Å². The van der Waals surface area contributed by atoms with Crippen LogP contribution in [0.25, 0.3) is 33.7 Å². The van der Waals surface area contributed by atoms with Gasteiger partial charge in [0.25, 0.3) is 0 Å². The highest BCUT2D eigenvalue weighted by atomic mass is 16.5. The Hall–Kier alpha value is -4.80. The zero-order chi connectivity index (χ0) is 27.6. The summed E-state index contributed by atoms with van der Waals surface area (Å²) >= 11 is 0. The van der Waals surface area contributed by atoms with Crippen LogP contribution in [0.2, 0.25) is 0 Å². The first-order valence-corrected chi connectivity index (χ1v) is 13.7. The molecule has 2 aliphatic rings. The zero-order valence-corrected chi connectivity index (χ0v) is 22.3. The second kappa shape index (κ2) is 11.0. The van der Waals surface area contributed by atoms with E-state index in [-0.39, 0.29) is 6.10 Å². The number of piperidine rings is 1. The van der Waals surface area contributed by atoms with Gasteiger partial charge >= 0.3 is 0 Å². The molecule has 4 aromatic heterocycles. The summed E-state index contributed by atoms with van der Waals surface area (Å²) in [6, 6.07) is 9.88. The Kier molecular flexibility index (Phi) is 6.75. The minimum absolute atomic E-state index is 0.160. The molecule has 0 spiro atoms. The molecule has 1 aromatic carbocycles. The van der Waals surface area contributed by atoms with Gasteiger partial charge in [-0.05, 0) is 38.1 Å². The number of ether oxygens (including phenoxy) is 1. The van der Waals surface area contributed by atoms with Gasteiger partial charge in [0, 0.05) is 48.4 Å². The molecule has 41 heavy (non-hydrogen) atoms. The topological polar surface area (TPSA) is 148 Å². The Morgan fingerprint density at radius 3 is 2.76 bits per heavy atom. The van der Waals surface area contributed by atoms with E-state index in [0.717, 1.165) is 42.6 Å². The molecular formula is C28H28N12O. The van der Waals surface area contributed by atoms with Crippen LogP contribution >= 0.6 is 0 Å². The molecule has 0 radical (unpaired) electrons. The molecule has 13 nitrogen and oxygen atoms in total. The van der Waals surface area contributed by atoms with Crippen LogP contribution in [-0.2, 0) is 11.3 Å². The lowest BCUT2D eigenvalue weighted by atomic mass is 10.1. The fourth-order valence-electron chi connectivity index (χ4n) is 5.36. The molecule has 5 aromatic rings. The average Bonchev–Trinajstić information content (AvgIpc) is 3.70. The Labute approximate surface area is 235 Å². The number of hydrogen-bond acceptors (Lipinski definition) is 11. The van der Waals surface area contributed by atoms with Crippen LogP contribution < -0.4 is 10.2 Å². The maximum absolute atomic E-state index is 9.25. The number of aromatic nitrogens is 9. The van der Waals surface area contributed by atoms with Crippen molar-refractivity contribution in [1.82, 2.24) is 50.0 Å². The number of hydrogen-bond donors (Lipinski definition) is 1. The summed E-state index contributed by atoms with van der Waals surface area (Å²) in [6.45, 7) is 4.35. The van der Waals surface area contributed by atoms with Crippen molar-refractivity contribution >= 4 is 17.2 Å². The highest BCUT2D eigenvalue weighted by Crippen LogP contribution is 2.24. The Balaban J connectivity index is 1.04. The summed E-state index contributed by atoms with van der Waals surface area (Å²) in [7, 11) is 0. The number of nitriles is 1. The Morgan fingerprint density at radius 1 is 1.02 bits per heavy atom. The number of benzene rings is 1. The third-order valence-corrected chi connectivity index (χ3v) is 7.57. The van der Waals surface area contributed by atoms with E-state index in [0.29, 0.717) is 60.8 Å². The first kappa shape index (κ1) is 25.2. The SMILES string of the molecule is N#Cc1cccc(-c2cnc3nnn(C[C@@H]4CN(c5ncc(-c6cnn(C7CCNCC7)c6)cn5)CCO4)c3n2)c1. The van der Waals surface area contributed by atoms with E-state index < -0.39 is 0 Å². The maximum Gasteiger partial charge on any atom is 0.225 e. The number of nitrogens with zero attached hydrogens (tertiary/aromatic N) is 11. The molecule has 0 bridgehead atoms. The quantitative estimate of drug-likeness (QED) is 0.333. The van der Waals surface area contributed by atoms with Gasteiger partial charge in [0.15, 0.2) is 5.65 Å². The predicted octanol–water partition coefficient (Wildman–Crippen LogP) is 2.24. The monoisotopic (exact) mass is 548 g/mol. The third-order valence-electron chi connectivity index (χ3n) is 7.57. The number of anilines is 1. The highest BCUT2D eigenvalue weighted by molar-refractivity contribution is 5.70. The first-order valence-electron chi connectivity index (χ1n) is 13.7. The van der Waals surface area contributed by atoms with Gasteiger partial charge in [-0.3, -0.25) is 4.68 Å². The van der Waals surface area contributed by atoms with Crippen molar-refractivity contribution in [2.24, 2.45) is 0 Å². The molecule has 6 heterocycles. The van der Waals surface area contributed by atoms with Crippen LogP contribution in [0, 0.1) is 11.3 Å². The highest BCUT2D eigenvalue weighted by Gasteiger charge is 2.25. The summed E-state index contributed by atoms with van der Waals surface area (Å²) < 4.78 is 9.86. The van der Waals surface area contributed by atoms with Crippen molar-refractivity contribution in [2.45, 2.75) is 31.5 Å². The van der Waals surface area contributed by atoms with Gasteiger partial charge in [0.2, 0.25) is 11.6 Å². The van der Waals surface area contributed by atoms with Crippen LogP contribution in [0.3, 0.4) is 0 Å². The number of rotatable bonds is 6. The molecular weight excluding hydrogens is 520 g/mol. The standard InChI is InChI=1S/C28H28N12O/c29-11-19-2-1-3-20(10-19)25-15-31-26-27(35-25)40(37-36-26)18-24-17-38(8-9-41-24)28-32-12-21(13-33-28)22-14-34-39(16-22)23-4-6-30-7-5-23/h1-3,10,12-16,23-24,30H,4-9,17-18H2/t24-/m0/s1. The summed E-state index contributed by atoms with van der Waals surface area (Å²) in [5.74, 6) is 0.663. The molecule has 206 valence electrons. The number of fused-ring (bicyclic) bond motifs is 1. The lowest BCUT2D eigenvalue weighted by Gasteiger charge is -2.32. The second-order valence-corrected chi connectivity index (χ2v) is 10.3. The van der Waals surface area contributed by atoms with Gasteiger partial charge in [0.05, 0.1) is 55.0 Å². The fraction of sp³-hybridized carbons (Fsp3) is 0.357. The molecule has 0 saturated carbocycles. The largest absolute Gasteiger partial charge is 0.373 e. The van der Waals surface area contributed by atoms with Crippen LogP contribution in [0.4, 0.5) is 5.95 Å². The summed E-state index contributed by atoms with van der Waals surface area (Å²) in [4.78, 5) is 20.7. The zero-order valence-electron chi connectivity index (χ0n) is 22.3. The number of morpholine rings is 1. The van der Waals surface area contributed by atoms with Crippen LogP contribution in [-0.4, -0.2) is 83.6 Å². The summed E-state index contributed by atoms with van der Waals surface area (Å²) in [5.41, 5.74) is 5.02. The lowest BCUT2D eigenvalue weighted by Crippen LogP contribution is -2.45. The minimum Gasteiger partial charge on any atom is -0.373 e. The van der Waals surface area contributed by atoms with Crippen LogP contribution in [0.1, 0.15) is 24.4 Å². The van der Waals surface area contributed by atoms with Crippen molar-refractivity contribution < 1.29 is 4.74 Å². The lowest BCUT2D eigenvalue weighted by molar-refractivity contribution is 0.0273. The third kappa shape index (κ3) is 5.22. The van der Waals surface area contributed by atoms with Gasteiger partial charge in [-0.25, -0.2) is 24.6 Å². The molecule has 1 N–H and O–H groups in total. The molecule has 2 fully saturated rings. The van der Waals surface area contributed by atoms with Crippen molar-refractivity contribution in [3.05, 3.63) is 60.8 Å². The molecule has 2 saturated heterocycles. The Bertz CT molecular complexity index is 1700. The maximum atomic E-state index is 9.25. The molecule has 0 aliphatic carbocycles. The van der Waals surface area contributed by atoms with Crippen molar-refractivity contribution in [3.63, 3.8) is 0 Å². The van der Waals surface area contributed by atoms with Gasteiger partial charge in [0.1, 0.15) is 0 Å². The van der Waals surface area contributed by atoms with Gasteiger partial charge in [-0.1, -0.05) is 17.3 Å². The second-order valence-electron chi connectivity index (χ2n) is 10.3. The fourth-order valence-corrected chi connectivity index (χ4v) is 5.36. The van der Waals surface area contributed by atoms with Gasteiger partial charge < -0.3 is 15.0 Å². The van der Waals surface area contributed by atoms with Crippen molar-refractivity contribution in [3.8, 4) is 28.5 Å². The Morgan fingerprint density at radius 2 is 1.90 bits per heavy atom. The van der Waals surface area contributed by atoms with Crippen molar-refractivity contribution in [2.75, 3.05) is 37.7 Å². The summed E-state index contributed by atoms with van der Waals surface area (Å²) in [5, 5.41) is 25.7. The smallest absolute Gasteiger partial charge is 0.225 e. The van der Waals surface area contributed by atoms with E-state index in [2.05, 4.69) is 57.5 Å². The first-order chi connectivity index (χ1) is 20.2. The molecule has 1 atom stereocenters. The molecule has 13 heteroatoms. The van der Waals surface area contributed by atoms with E-state index in [1.807, 2.05) is 30.7 Å².